The maximum absolute atomic E-state index is 13.6. The summed E-state index contributed by atoms with van der Waals surface area (Å²) in [6.45, 7) is 8.48. The van der Waals surface area contributed by atoms with Crippen LogP contribution in [0.2, 0.25) is 0 Å². The van der Waals surface area contributed by atoms with Crippen LogP contribution >= 0.6 is 0 Å². The highest BCUT2D eigenvalue weighted by atomic mass is 16.4. The van der Waals surface area contributed by atoms with E-state index in [1.165, 1.54) is 16.7 Å². The Morgan fingerprint density at radius 3 is 2.23 bits per heavy atom. The van der Waals surface area contributed by atoms with E-state index in [1.54, 1.807) is 24.1 Å². The highest BCUT2D eigenvalue weighted by Gasteiger charge is 2.23. The molecule has 200 valence electrons. The van der Waals surface area contributed by atoms with Crippen LogP contribution in [0.3, 0.4) is 0 Å². The molecule has 4 rings (SSSR count). The summed E-state index contributed by atoms with van der Waals surface area (Å²) in [5.41, 5.74) is 4.73. The van der Waals surface area contributed by atoms with Crippen molar-refractivity contribution in [1.82, 2.24) is 9.55 Å². The third-order valence-corrected chi connectivity index (χ3v) is 6.64. The number of aromatic carboxylic acids is 1. The molecular formula is C31H32N4O4. The Balaban J connectivity index is 1.79. The van der Waals surface area contributed by atoms with Crippen molar-refractivity contribution in [3.05, 3.63) is 106 Å². The summed E-state index contributed by atoms with van der Waals surface area (Å²) in [5, 5.41) is 12.2. The zero-order valence-electron chi connectivity index (χ0n) is 22.7. The number of aromatic nitrogens is 2. The van der Waals surface area contributed by atoms with Crippen molar-refractivity contribution >= 4 is 29.1 Å². The maximum Gasteiger partial charge on any atom is 0.335 e. The Bertz CT molecular complexity index is 1580. The number of benzene rings is 3. The minimum Gasteiger partial charge on any atom is -0.478 e. The van der Waals surface area contributed by atoms with Crippen LogP contribution in [0.1, 0.15) is 45.8 Å². The van der Waals surface area contributed by atoms with Crippen LogP contribution in [0, 0.1) is 19.8 Å². The molecule has 0 aliphatic rings. The Labute approximate surface area is 227 Å². The van der Waals surface area contributed by atoms with Gasteiger partial charge in [-0.3, -0.25) is 9.59 Å². The highest BCUT2D eigenvalue weighted by Crippen LogP contribution is 2.33. The van der Waals surface area contributed by atoms with Crippen LogP contribution in [0.15, 0.2) is 77.6 Å². The summed E-state index contributed by atoms with van der Waals surface area (Å²) >= 11 is 0. The monoisotopic (exact) mass is 524 g/mol. The third kappa shape index (κ3) is 5.75. The molecule has 3 aromatic carbocycles. The van der Waals surface area contributed by atoms with Crippen LogP contribution < -0.4 is 15.8 Å². The number of carboxylic acids is 1. The third-order valence-electron chi connectivity index (χ3n) is 6.64. The molecule has 8 heteroatoms. The van der Waals surface area contributed by atoms with Gasteiger partial charge in [0.1, 0.15) is 0 Å². The first-order valence-electron chi connectivity index (χ1n) is 12.7. The highest BCUT2D eigenvalue weighted by molar-refractivity contribution is 6.07. The van der Waals surface area contributed by atoms with Gasteiger partial charge in [0.15, 0.2) is 5.82 Å². The van der Waals surface area contributed by atoms with Gasteiger partial charge in [0.05, 0.1) is 11.3 Å². The average Bonchev–Trinajstić information content (AvgIpc) is 2.93. The van der Waals surface area contributed by atoms with Gasteiger partial charge in [-0.1, -0.05) is 44.2 Å². The minimum absolute atomic E-state index is 0.0816. The zero-order valence-corrected chi connectivity index (χ0v) is 22.7. The Morgan fingerprint density at radius 1 is 0.949 bits per heavy atom. The molecule has 8 nitrogen and oxygen atoms in total. The molecule has 0 saturated carbocycles. The summed E-state index contributed by atoms with van der Waals surface area (Å²) in [5.74, 6) is -0.755. The normalized spacial score (nSPS) is 10.9. The summed E-state index contributed by atoms with van der Waals surface area (Å²) in [4.78, 5) is 44.4. The maximum atomic E-state index is 13.6. The van der Waals surface area contributed by atoms with E-state index in [2.05, 4.69) is 19.2 Å². The van der Waals surface area contributed by atoms with Crippen molar-refractivity contribution in [1.29, 1.82) is 0 Å². The van der Waals surface area contributed by atoms with E-state index in [9.17, 15) is 14.4 Å². The van der Waals surface area contributed by atoms with Gasteiger partial charge >= 0.3 is 5.97 Å². The van der Waals surface area contributed by atoms with Gasteiger partial charge in [-0.2, -0.15) is 0 Å². The fourth-order valence-corrected chi connectivity index (χ4v) is 4.44. The number of hydrogen-bond donors (Lipinski definition) is 2. The van der Waals surface area contributed by atoms with Gasteiger partial charge in [0.25, 0.3) is 11.5 Å². The minimum atomic E-state index is -1.03. The molecule has 1 aromatic heterocycles. The zero-order chi connectivity index (χ0) is 28.3. The van der Waals surface area contributed by atoms with E-state index < -0.39 is 5.97 Å². The number of rotatable bonds is 8. The first-order chi connectivity index (χ1) is 18.6. The predicted octanol–water partition coefficient (Wildman–Crippen LogP) is 5.81. The molecular weight excluding hydrogens is 492 g/mol. The molecule has 1 amide bonds. The summed E-state index contributed by atoms with van der Waals surface area (Å²) in [6, 6.07) is 21.1. The van der Waals surface area contributed by atoms with Crippen LogP contribution in [0.25, 0.3) is 11.3 Å². The molecule has 1 heterocycles. The van der Waals surface area contributed by atoms with E-state index in [1.807, 2.05) is 62.4 Å². The van der Waals surface area contributed by atoms with E-state index in [0.29, 0.717) is 29.2 Å². The Kier molecular flexibility index (Phi) is 7.95. The van der Waals surface area contributed by atoms with E-state index in [0.717, 1.165) is 16.8 Å². The molecule has 39 heavy (non-hydrogen) atoms. The summed E-state index contributed by atoms with van der Waals surface area (Å²) < 4.78 is 1.53. The van der Waals surface area contributed by atoms with Gasteiger partial charge in [0, 0.05) is 41.8 Å². The first-order valence-corrected chi connectivity index (χ1v) is 12.7. The molecule has 0 bridgehead atoms. The lowest BCUT2D eigenvalue weighted by atomic mass is 10.00. The average molecular weight is 525 g/mol. The van der Waals surface area contributed by atoms with Gasteiger partial charge < -0.3 is 19.9 Å². The SMILES string of the molecule is Cc1c(-c2nc(Nc3ccc(C(=O)O)cc3)c(=O)n(C)c2C)cccc1N(CC(C)C)C(=O)c1ccccc1. The molecule has 0 unspecified atom stereocenters. The fourth-order valence-electron chi connectivity index (χ4n) is 4.44. The van der Waals surface area contributed by atoms with Crippen molar-refractivity contribution in [3.8, 4) is 11.3 Å². The van der Waals surface area contributed by atoms with Crippen molar-refractivity contribution < 1.29 is 14.7 Å². The number of carbonyl (C=O) groups excluding carboxylic acids is 1. The molecule has 0 aliphatic carbocycles. The second kappa shape index (κ2) is 11.3. The molecule has 0 aliphatic heterocycles. The standard InChI is InChI=1S/C31H32N4O4/c1-19(2)18-35(29(36)22-10-7-6-8-11-22)26-13-9-12-25(20(26)3)27-21(4)34(5)30(37)28(33-27)32-24-16-14-23(15-17-24)31(38)39/h6-17,19H,18H2,1-5H3,(H,32,33)(H,38,39). The second-order valence-electron chi connectivity index (χ2n) is 9.89. The quantitative estimate of drug-likeness (QED) is 0.301. The topological polar surface area (TPSA) is 105 Å². The molecule has 0 radical (unpaired) electrons. The van der Waals surface area contributed by atoms with Gasteiger partial charge in [0.2, 0.25) is 0 Å². The summed E-state index contributed by atoms with van der Waals surface area (Å²) in [6.07, 6.45) is 0. The van der Waals surface area contributed by atoms with E-state index in [-0.39, 0.29) is 28.8 Å². The van der Waals surface area contributed by atoms with Gasteiger partial charge in [-0.05, 0) is 67.8 Å². The van der Waals surface area contributed by atoms with Gasteiger partial charge in [-0.25, -0.2) is 9.78 Å². The molecule has 0 spiro atoms. The van der Waals surface area contributed by atoms with Crippen molar-refractivity contribution in [2.75, 3.05) is 16.8 Å². The number of anilines is 3. The van der Waals surface area contributed by atoms with Crippen molar-refractivity contribution in [3.63, 3.8) is 0 Å². The van der Waals surface area contributed by atoms with Crippen LogP contribution in [0.5, 0.6) is 0 Å². The molecule has 2 N–H and O–H groups in total. The van der Waals surface area contributed by atoms with E-state index >= 15 is 0 Å². The number of carbonyl (C=O) groups is 2. The van der Waals surface area contributed by atoms with Crippen molar-refractivity contribution in [2.24, 2.45) is 13.0 Å². The Hall–Kier alpha value is -4.72. The number of nitrogens with zero attached hydrogens (tertiary/aromatic N) is 3. The number of carboxylic acid groups (broad SMARTS) is 1. The van der Waals surface area contributed by atoms with Crippen molar-refractivity contribution in [2.45, 2.75) is 27.7 Å². The Morgan fingerprint density at radius 2 is 1.62 bits per heavy atom. The molecule has 0 atom stereocenters. The van der Waals surface area contributed by atoms with Crippen LogP contribution in [-0.2, 0) is 7.05 Å². The second-order valence-corrected chi connectivity index (χ2v) is 9.89. The number of hydrogen-bond acceptors (Lipinski definition) is 5. The smallest absolute Gasteiger partial charge is 0.335 e. The molecule has 0 fully saturated rings. The number of amides is 1. The first kappa shape index (κ1) is 27.3. The van der Waals surface area contributed by atoms with E-state index in [4.69, 9.17) is 10.1 Å². The predicted molar refractivity (Wildman–Crippen MR) is 154 cm³/mol. The lowest BCUT2D eigenvalue weighted by molar-refractivity contribution is 0.0696. The lowest BCUT2D eigenvalue weighted by Gasteiger charge is -2.27. The van der Waals surface area contributed by atoms with Gasteiger partial charge in [-0.15, -0.1) is 0 Å². The fraction of sp³-hybridized carbons (Fsp3) is 0.226. The van der Waals surface area contributed by atoms with Crippen LogP contribution in [-0.4, -0.2) is 33.1 Å². The molecule has 0 saturated heterocycles. The summed E-state index contributed by atoms with van der Waals surface area (Å²) in [7, 11) is 1.69. The number of nitrogens with one attached hydrogen (secondary N) is 1. The lowest BCUT2D eigenvalue weighted by Crippen LogP contribution is -2.35. The van der Waals surface area contributed by atoms with Crippen LogP contribution in [0.4, 0.5) is 17.2 Å². The largest absolute Gasteiger partial charge is 0.478 e. The molecule has 4 aromatic rings.